The van der Waals surface area contributed by atoms with Gasteiger partial charge in [-0.25, -0.2) is 0 Å². The molecule has 7 nitrogen and oxygen atoms in total. The Morgan fingerprint density at radius 3 is 2.48 bits per heavy atom. The zero-order chi connectivity index (χ0) is 18.2. The van der Waals surface area contributed by atoms with E-state index in [-0.39, 0.29) is 23.6 Å². The molecule has 0 radical (unpaired) electrons. The van der Waals surface area contributed by atoms with Crippen LogP contribution < -0.4 is 25.0 Å². The summed E-state index contributed by atoms with van der Waals surface area (Å²) in [5, 5.41) is 2.77. The van der Waals surface area contributed by atoms with Crippen LogP contribution in [0.5, 0.6) is 17.2 Å². The van der Waals surface area contributed by atoms with Crippen molar-refractivity contribution in [3.8, 4) is 17.2 Å². The molecule has 7 heteroatoms. The predicted octanol–water partition coefficient (Wildman–Crippen LogP) is 1.37. The number of pyridine rings is 1. The van der Waals surface area contributed by atoms with E-state index in [1.807, 2.05) is 12.1 Å². The molecule has 0 aliphatic heterocycles. The standard InChI is InChI=1S/C18H22N2O5/c1-13-10-14(21)17(24-3)11-20(13)12-18(22)19-8-9-25-16-7-5-4-6-15(16)23-2/h4-7,10-11H,8-9,12H2,1-3H3,(H,19,22). The van der Waals surface area contributed by atoms with Gasteiger partial charge >= 0.3 is 0 Å². The fraction of sp³-hybridized carbons (Fsp3) is 0.333. The van der Waals surface area contributed by atoms with E-state index in [1.54, 1.807) is 30.7 Å². The van der Waals surface area contributed by atoms with Crippen LogP contribution in [0.25, 0.3) is 0 Å². The summed E-state index contributed by atoms with van der Waals surface area (Å²) in [6, 6.07) is 8.76. The van der Waals surface area contributed by atoms with Crippen molar-refractivity contribution < 1.29 is 19.0 Å². The number of benzene rings is 1. The molecule has 134 valence electrons. The van der Waals surface area contributed by atoms with E-state index in [4.69, 9.17) is 14.2 Å². The lowest BCUT2D eigenvalue weighted by Crippen LogP contribution is -2.32. The molecule has 0 fully saturated rings. The Kier molecular flexibility index (Phi) is 6.45. The highest BCUT2D eigenvalue weighted by molar-refractivity contribution is 5.75. The smallest absolute Gasteiger partial charge is 0.240 e. The molecule has 1 N–H and O–H groups in total. The maximum Gasteiger partial charge on any atom is 0.240 e. The van der Waals surface area contributed by atoms with Gasteiger partial charge in [-0.2, -0.15) is 0 Å². The fourth-order valence-electron chi connectivity index (χ4n) is 2.27. The van der Waals surface area contributed by atoms with Crippen molar-refractivity contribution >= 4 is 5.91 Å². The van der Waals surface area contributed by atoms with Crippen LogP contribution in [0.4, 0.5) is 0 Å². The van der Waals surface area contributed by atoms with Gasteiger partial charge in [0.2, 0.25) is 11.3 Å². The Labute approximate surface area is 146 Å². The third-order valence-electron chi connectivity index (χ3n) is 3.59. The lowest BCUT2D eigenvalue weighted by Gasteiger charge is -2.13. The minimum atomic E-state index is -0.207. The Morgan fingerprint density at radius 2 is 1.80 bits per heavy atom. The van der Waals surface area contributed by atoms with Crippen LogP contribution in [0.15, 0.2) is 41.3 Å². The van der Waals surface area contributed by atoms with E-state index < -0.39 is 0 Å². The second kappa shape index (κ2) is 8.77. The fourth-order valence-corrected chi connectivity index (χ4v) is 2.27. The number of hydrogen-bond acceptors (Lipinski definition) is 5. The van der Waals surface area contributed by atoms with Crippen molar-refractivity contribution in [1.29, 1.82) is 0 Å². The van der Waals surface area contributed by atoms with E-state index in [2.05, 4.69) is 5.32 Å². The number of rotatable bonds is 8. The van der Waals surface area contributed by atoms with Crippen LogP contribution in [-0.2, 0) is 11.3 Å². The molecule has 2 aromatic rings. The molecule has 1 heterocycles. The molecule has 25 heavy (non-hydrogen) atoms. The topological polar surface area (TPSA) is 78.8 Å². The third-order valence-corrected chi connectivity index (χ3v) is 3.59. The summed E-state index contributed by atoms with van der Waals surface area (Å²) in [5.41, 5.74) is 0.480. The largest absolute Gasteiger partial charge is 0.493 e. The normalized spacial score (nSPS) is 10.2. The number of aryl methyl sites for hydroxylation is 1. The molecule has 1 aromatic carbocycles. The summed E-state index contributed by atoms with van der Waals surface area (Å²) in [6.07, 6.45) is 1.53. The molecule has 0 spiro atoms. The summed E-state index contributed by atoms with van der Waals surface area (Å²) in [6.45, 7) is 2.53. The molecule has 1 aromatic heterocycles. The number of carbonyl (C=O) groups excluding carboxylic acids is 1. The van der Waals surface area contributed by atoms with Crippen LogP contribution in [0, 0.1) is 6.92 Å². The highest BCUT2D eigenvalue weighted by atomic mass is 16.5. The molecule has 1 amide bonds. The van der Waals surface area contributed by atoms with E-state index >= 15 is 0 Å². The van der Waals surface area contributed by atoms with Gasteiger partial charge in [0.25, 0.3) is 0 Å². The summed E-state index contributed by atoms with van der Waals surface area (Å²) in [5.74, 6) is 1.29. The van der Waals surface area contributed by atoms with Crippen molar-refractivity contribution in [2.24, 2.45) is 0 Å². The minimum absolute atomic E-state index is 0.0944. The van der Waals surface area contributed by atoms with Crippen molar-refractivity contribution in [2.75, 3.05) is 27.4 Å². The number of nitrogens with one attached hydrogen (secondary N) is 1. The molecule has 0 saturated carbocycles. The van der Waals surface area contributed by atoms with Gasteiger partial charge in [0.15, 0.2) is 17.2 Å². The van der Waals surface area contributed by atoms with Crippen LogP contribution in [0.1, 0.15) is 5.69 Å². The summed E-state index contributed by atoms with van der Waals surface area (Å²) in [4.78, 5) is 23.7. The second-order valence-electron chi connectivity index (χ2n) is 5.32. The van der Waals surface area contributed by atoms with Gasteiger partial charge in [0.05, 0.1) is 27.0 Å². The first kappa shape index (κ1) is 18.4. The van der Waals surface area contributed by atoms with Crippen molar-refractivity contribution in [1.82, 2.24) is 9.88 Å². The highest BCUT2D eigenvalue weighted by Crippen LogP contribution is 2.25. The first-order chi connectivity index (χ1) is 12.0. The molecule has 0 atom stereocenters. The molecule has 0 unspecified atom stereocenters. The summed E-state index contributed by atoms with van der Waals surface area (Å²) in [7, 11) is 3.00. The number of methoxy groups -OCH3 is 2. The second-order valence-corrected chi connectivity index (χ2v) is 5.32. The summed E-state index contributed by atoms with van der Waals surface area (Å²) < 4.78 is 17.4. The van der Waals surface area contributed by atoms with Crippen LogP contribution in [0.2, 0.25) is 0 Å². The Morgan fingerprint density at radius 1 is 1.12 bits per heavy atom. The average molecular weight is 346 g/mol. The van der Waals surface area contributed by atoms with Gasteiger partial charge in [-0.15, -0.1) is 0 Å². The molecular weight excluding hydrogens is 324 g/mol. The van der Waals surface area contributed by atoms with Crippen LogP contribution in [0.3, 0.4) is 0 Å². The lowest BCUT2D eigenvalue weighted by molar-refractivity contribution is -0.121. The van der Waals surface area contributed by atoms with E-state index in [9.17, 15) is 9.59 Å². The maximum absolute atomic E-state index is 12.1. The number of aromatic nitrogens is 1. The van der Waals surface area contributed by atoms with E-state index in [0.29, 0.717) is 30.3 Å². The van der Waals surface area contributed by atoms with Gasteiger partial charge in [-0.3, -0.25) is 9.59 Å². The van der Waals surface area contributed by atoms with Crippen molar-refractivity contribution in [3.63, 3.8) is 0 Å². The van der Waals surface area contributed by atoms with E-state index in [0.717, 1.165) is 0 Å². The molecule has 0 aliphatic carbocycles. The first-order valence-corrected chi connectivity index (χ1v) is 7.82. The first-order valence-electron chi connectivity index (χ1n) is 7.82. The maximum atomic E-state index is 12.1. The van der Waals surface area contributed by atoms with Gasteiger partial charge in [-0.05, 0) is 19.1 Å². The molecule has 0 aliphatic rings. The number of para-hydroxylation sites is 2. The van der Waals surface area contributed by atoms with Crippen LogP contribution >= 0.6 is 0 Å². The lowest BCUT2D eigenvalue weighted by atomic mass is 10.3. The predicted molar refractivity (Wildman–Crippen MR) is 93.5 cm³/mol. The quantitative estimate of drug-likeness (QED) is 0.731. The van der Waals surface area contributed by atoms with Gasteiger partial charge in [0.1, 0.15) is 13.2 Å². The zero-order valence-electron chi connectivity index (χ0n) is 14.6. The SMILES string of the molecule is COc1ccccc1OCCNC(=O)Cn1cc(OC)c(=O)cc1C. The number of hydrogen-bond donors (Lipinski definition) is 1. The molecule has 0 bridgehead atoms. The minimum Gasteiger partial charge on any atom is -0.493 e. The third kappa shape index (κ3) is 5.00. The van der Waals surface area contributed by atoms with Gasteiger partial charge in [-0.1, -0.05) is 12.1 Å². The number of nitrogens with zero attached hydrogens (tertiary/aromatic N) is 1. The monoisotopic (exact) mass is 346 g/mol. The van der Waals surface area contributed by atoms with Crippen molar-refractivity contribution in [3.05, 3.63) is 52.4 Å². The molecule has 2 rings (SSSR count). The Hall–Kier alpha value is -2.96. The van der Waals surface area contributed by atoms with Gasteiger partial charge in [0, 0.05) is 11.8 Å². The van der Waals surface area contributed by atoms with Crippen molar-refractivity contribution in [2.45, 2.75) is 13.5 Å². The number of amides is 1. The van der Waals surface area contributed by atoms with Gasteiger partial charge < -0.3 is 24.1 Å². The Balaban J connectivity index is 1.84. The summed E-state index contributed by atoms with van der Waals surface area (Å²) >= 11 is 0. The molecular formula is C18H22N2O5. The van der Waals surface area contributed by atoms with Crippen LogP contribution in [-0.4, -0.2) is 37.8 Å². The Bertz CT molecular complexity index is 785. The number of carbonyl (C=O) groups is 1. The molecule has 0 saturated heterocycles. The zero-order valence-corrected chi connectivity index (χ0v) is 14.6. The average Bonchev–Trinajstić information content (AvgIpc) is 2.61. The highest BCUT2D eigenvalue weighted by Gasteiger charge is 2.08. The van der Waals surface area contributed by atoms with E-state index in [1.165, 1.54) is 19.4 Å². The number of ether oxygens (including phenoxy) is 3.